The number of nitrogens with zero attached hydrogens (tertiary/aromatic N) is 1. The van der Waals surface area contributed by atoms with E-state index in [-0.39, 0.29) is 22.8 Å². The summed E-state index contributed by atoms with van der Waals surface area (Å²) in [5, 5.41) is 3.86. The van der Waals surface area contributed by atoms with Crippen LogP contribution in [0.5, 0.6) is 0 Å². The third-order valence-electron chi connectivity index (χ3n) is 3.73. The van der Waals surface area contributed by atoms with E-state index in [0.29, 0.717) is 10.7 Å². The van der Waals surface area contributed by atoms with Crippen LogP contribution in [0.1, 0.15) is 16.8 Å². The molecule has 1 amide bonds. The van der Waals surface area contributed by atoms with Crippen LogP contribution in [0, 0.1) is 0 Å². The number of anilines is 1. The first kappa shape index (κ1) is 17.1. The smallest absolute Gasteiger partial charge is 0.257 e. The first-order valence-electron chi connectivity index (χ1n) is 7.03. The van der Waals surface area contributed by atoms with Crippen LogP contribution in [-0.2, 0) is 19.7 Å². The summed E-state index contributed by atoms with van der Waals surface area (Å²) in [6, 6.07) is 5.46. The Morgan fingerprint density at radius 1 is 1.25 bits per heavy atom. The molecule has 24 heavy (non-hydrogen) atoms. The van der Waals surface area contributed by atoms with Crippen LogP contribution >= 0.6 is 11.3 Å². The second kappa shape index (κ2) is 6.26. The third-order valence-corrected chi connectivity index (χ3v) is 8.60. The summed E-state index contributed by atoms with van der Waals surface area (Å²) in [5.41, 5.74) is 0.295. The van der Waals surface area contributed by atoms with Gasteiger partial charge in [0.05, 0.1) is 21.7 Å². The Balaban J connectivity index is 1.78. The van der Waals surface area contributed by atoms with Gasteiger partial charge in [-0.1, -0.05) is 0 Å². The molecule has 7 nitrogen and oxygen atoms in total. The number of carbonyl (C=O) groups excluding carboxylic acids is 1. The van der Waals surface area contributed by atoms with Crippen molar-refractivity contribution in [2.75, 3.05) is 16.8 Å². The predicted molar refractivity (Wildman–Crippen MR) is 90.8 cm³/mol. The van der Waals surface area contributed by atoms with Gasteiger partial charge in [0.25, 0.3) is 5.91 Å². The molecule has 1 aromatic heterocycles. The molecule has 1 atom stereocenters. The number of sulfone groups is 2. The molecule has 0 bridgehead atoms. The van der Waals surface area contributed by atoms with Gasteiger partial charge in [-0.05, 0) is 30.7 Å². The minimum absolute atomic E-state index is 0.0235. The first-order chi connectivity index (χ1) is 11.3. The zero-order valence-electron chi connectivity index (χ0n) is 12.4. The maximum absolute atomic E-state index is 12.5. The molecular formula is C14H14N2O5S3. The molecule has 0 aliphatic carbocycles. The normalized spacial score (nSPS) is 19.9. The average molecular weight is 386 g/mol. The van der Waals surface area contributed by atoms with Crippen LogP contribution < -0.4 is 5.32 Å². The molecule has 10 heteroatoms. The van der Waals surface area contributed by atoms with Crippen molar-refractivity contribution in [3.8, 4) is 0 Å². The maximum atomic E-state index is 12.5. The fraction of sp³-hybridized carbons (Fsp3) is 0.286. The van der Waals surface area contributed by atoms with Gasteiger partial charge in [0, 0.05) is 17.1 Å². The molecule has 1 saturated heterocycles. The first-order valence-corrected chi connectivity index (χ1v) is 11.3. The summed E-state index contributed by atoms with van der Waals surface area (Å²) in [5.74, 6) is -0.843. The molecule has 128 valence electrons. The number of amides is 1. The van der Waals surface area contributed by atoms with Crippen LogP contribution in [0.25, 0.3) is 0 Å². The van der Waals surface area contributed by atoms with E-state index in [1.807, 2.05) is 0 Å². The summed E-state index contributed by atoms with van der Waals surface area (Å²) < 4.78 is 48.0. The number of thiazole rings is 1. The maximum Gasteiger partial charge on any atom is 0.257 e. The molecule has 2 aromatic rings. The van der Waals surface area contributed by atoms with Crippen LogP contribution in [0.15, 0.2) is 40.7 Å². The van der Waals surface area contributed by atoms with Crippen LogP contribution in [0.3, 0.4) is 0 Å². The number of aromatic nitrogens is 1. The number of hydrogen-bond acceptors (Lipinski definition) is 7. The number of hydrogen-bond donors (Lipinski definition) is 1. The molecule has 3 rings (SSSR count). The largest absolute Gasteiger partial charge is 0.298 e. The van der Waals surface area contributed by atoms with Crippen molar-refractivity contribution in [3.05, 3.63) is 41.4 Å². The van der Waals surface area contributed by atoms with Crippen molar-refractivity contribution in [2.45, 2.75) is 16.6 Å². The van der Waals surface area contributed by atoms with Crippen molar-refractivity contribution >= 4 is 42.1 Å². The SMILES string of the molecule is O=C(Nc1nccs1)c1ccc(S(=O)(=O)[C@H]2CCS(=O)(=O)C2)cc1. The second-order valence-electron chi connectivity index (χ2n) is 5.39. The van der Waals surface area contributed by atoms with Crippen molar-refractivity contribution in [1.82, 2.24) is 4.98 Å². The lowest BCUT2D eigenvalue weighted by atomic mass is 10.2. The van der Waals surface area contributed by atoms with E-state index in [4.69, 9.17) is 0 Å². The molecule has 1 aliphatic heterocycles. The number of benzene rings is 1. The molecule has 0 spiro atoms. The van der Waals surface area contributed by atoms with Crippen molar-refractivity contribution in [3.63, 3.8) is 0 Å². The van der Waals surface area contributed by atoms with E-state index in [2.05, 4.69) is 10.3 Å². The van der Waals surface area contributed by atoms with Crippen LogP contribution in [-0.4, -0.2) is 44.5 Å². The van der Waals surface area contributed by atoms with Gasteiger partial charge in [-0.25, -0.2) is 21.8 Å². The standard InChI is InChI=1S/C14H14N2O5S3/c17-13(16-14-15-6-7-22-14)10-1-3-11(4-2-10)24(20,21)12-5-8-23(18,19)9-12/h1-4,6-7,12H,5,8-9H2,(H,15,16,17)/t12-/m0/s1. The molecule has 1 N–H and O–H groups in total. The quantitative estimate of drug-likeness (QED) is 0.849. The van der Waals surface area contributed by atoms with E-state index in [1.165, 1.54) is 35.6 Å². The van der Waals surface area contributed by atoms with Crippen LogP contribution in [0.4, 0.5) is 5.13 Å². The van der Waals surface area contributed by atoms with E-state index in [9.17, 15) is 21.6 Å². The Bertz CT molecular complexity index is 948. The monoisotopic (exact) mass is 386 g/mol. The predicted octanol–water partition coefficient (Wildman–Crippen LogP) is 1.36. The highest BCUT2D eigenvalue weighted by atomic mass is 32.2. The summed E-state index contributed by atoms with van der Waals surface area (Å²) in [4.78, 5) is 16.0. The van der Waals surface area contributed by atoms with Gasteiger partial charge < -0.3 is 0 Å². The fourth-order valence-corrected chi connectivity index (χ4v) is 7.33. The van der Waals surface area contributed by atoms with Gasteiger partial charge in [-0.3, -0.25) is 10.1 Å². The lowest BCUT2D eigenvalue weighted by Crippen LogP contribution is -2.22. The van der Waals surface area contributed by atoms with E-state index >= 15 is 0 Å². The molecular weight excluding hydrogens is 372 g/mol. The zero-order chi connectivity index (χ0) is 17.4. The van der Waals surface area contributed by atoms with Crippen molar-refractivity contribution < 1.29 is 21.6 Å². The lowest BCUT2D eigenvalue weighted by Gasteiger charge is -2.10. The number of carbonyl (C=O) groups is 1. The highest BCUT2D eigenvalue weighted by Crippen LogP contribution is 2.25. The minimum Gasteiger partial charge on any atom is -0.298 e. The topological polar surface area (TPSA) is 110 Å². The fourth-order valence-electron chi connectivity index (χ4n) is 2.45. The molecule has 0 saturated carbocycles. The third kappa shape index (κ3) is 3.50. The molecule has 2 heterocycles. The second-order valence-corrected chi connectivity index (χ2v) is 10.7. The molecule has 1 aromatic carbocycles. The summed E-state index contributed by atoms with van der Waals surface area (Å²) in [6.07, 6.45) is 1.67. The average Bonchev–Trinajstić information content (AvgIpc) is 3.17. The van der Waals surface area contributed by atoms with Gasteiger partial charge in [0.15, 0.2) is 24.8 Å². The van der Waals surface area contributed by atoms with Gasteiger partial charge >= 0.3 is 0 Å². The van der Waals surface area contributed by atoms with E-state index < -0.39 is 30.8 Å². The molecule has 0 unspecified atom stereocenters. The zero-order valence-corrected chi connectivity index (χ0v) is 14.8. The Hall–Kier alpha value is -1.78. The van der Waals surface area contributed by atoms with Gasteiger partial charge in [-0.15, -0.1) is 11.3 Å². The highest BCUT2D eigenvalue weighted by molar-refractivity contribution is 7.96. The van der Waals surface area contributed by atoms with E-state index in [1.54, 1.807) is 11.6 Å². The van der Waals surface area contributed by atoms with Gasteiger partial charge in [0.1, 0.15) is 0 Å². The summed E-state index contributed by atoms with van der Waals surface area (Å²) in [6.45, 7) is 0. The Morgan fingerprint density at radius 2 is 1.96 bits per heavy atom. The van der Waals surface area contributed by atoms with Crippen molar-refractivity contribution in [2.24, 2.45) is 0 Å². The summed E-state index contributed by atoms with van der Waals surface area (Å²) >= 11 is 1.27. The lowest BCUT2D eigenvalue weighted by molar-refractivity contribution is 0.102. The van der Waals surface area contributed by atoms with Crippen LogP contribution in [0.2, 0.25) is 0 Å². The Labute approximate surface area is 143 Å². The Kier molecular flexibility index (Phi) is 4.45. The van der Waals surface area contributed by atoms with Gasteiger partial charge in [0.2, 0.25) is 0 Å². The van der Waals surface area contributed by atoms with Crippen molar-refractivity contribution in [1.29, 1.82) is 0 Å². The highest BCUT2D eigenvalue weighted by Gasteiger charge is 2.37. The Morgan fingerprint density at radius 3 is 2.50 bits per heavy atom. The molecule has 1 fully saturated rings. The number of rotatable bonds is 4. The molecule has 1 aliphatic rings. The molecule has 0 radical (unpaired) electrons. The number of nitrogens with one attached hydrogen (secondary N) is 1. The summed E-state index contributed by atoms with van der Waals surface area (Å²) in [7, 11) is -7.01. The minimum atomic E-state index is -3.72. The van der Waals surface area contributed by atoms with E-state index in [0.717, 1.165) is 0 Å². The van der Waals surface area contributed by atoms with Gasteiger partial charge in [-0.2, -0.15) is 0 Å².